The first-order chi connectivity index (χ1) is 15.2. The van der Waals surface area contributed by atoms with Crippen molar-refractivity contribution >= 4 is 38.4 Å². The second kappa shape index (κ2) is 8.58. The standard InChI is InChI=1S/C21H17ClN4O5S/c1-12-4-7-14(8-5-12)32(29,30)26-25-18(20(27)17-3-2-10-31-17)19-21(28)24-16-11-13(22)6-9-15(16)23-19/h2-11,20,26-27H,1H3,(H,24,28)/b25-18-/t20-/m1/s1. The number of nitrogens with zero attached hydrogens (tertiary/aromatic N) is 2. The van der Waals surface area contributed by atoms with Crippen molar-refractivity contribution in [1.82, 2.24) is 14.8 Å². The average molecular weight is 473 g/mol. The van der Waals surface area contributed by atoms with Crippen molar-refractivity contribution in [2.75, 3.05) is 0 Å². The fourth-order valence-electron chi connectivity index (χ4n) is 2.94. The molecular formula is C21H17ClN4O5S. The highest BCUT2D eigenvalue weighted by Crippen LogP contribution is 2.20. The first kappa shape index (κ1) is 21.8. The van der Waals surface area contributed by atoms with E-state index in [1.165, 1.54) is 36.6 Å². The highest BCUT2D eigenvalue weighted by Gasteiger charge is 2.25. The Kier molecular flexibility index (Phi) is 5.83. The molecule has 11 heteroatoms. The van der Waals surface area contributed by atoms with Gasteiger partial charge in [0.05, 0.1) is 22.2 Å². The number of furan rings is 1. The van der Waals surface area contributed by atoms with Gasteiger partial charge in [0.25, 0.3) is 15.6 Å². The van der Waals surface area contributed by atoms with E-state index in [1.807, 2.05) is 6.92 Å². The van der Waals surface area contributed by atoms with Gasteiger partial charge in [-0.25, -0.2) is 4.98 Å². The number of hydrogen-bond acceptors (Lipinski definition) is 7. The van der Waals surface area contributed by atoms with Gasteiger partial charge in [-0.05, 0) is 49.4 Å². The van der Waals surface area contributed by atoms with E-state index in [0.29, 0.717) is 16.1 Å². The SMILES string of the molecule is Cc1ccc(S(=O)(=O)N/N=C(/c2nc3ccc(Cl)cc3[nH]c2=O)[C@H](O)c2ccco2)cc1. The van der Waals surface area contributed by atoms with Crippen molar-refractivity contribution in [2.24, 2.45) is 5.10 Å². The first-order valence-corrected chi connectivity index (χ1v) is 11.2. The molecule has 0 aliphatic heterocycles. The van der Waals surface area contributed by atoms with Crippen LogP contribution < -0.4 is 10.4 Å². The van der Waals surface area contributed by atoms with Crippen LogP contribution in [-0.2, 0) is 10.0 Å². The van der Waals surface area contributed by atoms with E-state index in [9.17, 15) is 18.3 Å². The number of nitrogens with one attached hydrogen (secondary N) is 2. The van der Waals surface area contributed by atoms with Crippen molar-refractivity contribution in [3.8, 4) is 0 Å². The normalized spacial score (nSPS) is 13.3. The summed E-state index contributed by atoms with van der Waals surface area (Å²) in [6.07, 6.45) is -0.240. The number of hydrazone groups is 1. The van der Waals surface area contributed by atoms with E-state index < -0.39 is 21.7 Å². The monoisotopic (exact) mass is 472 g/mol. The van der Waals surface area contributed by atoms with Gasteiger partial charge in [-0.3, -0.25) is 4.79 Å². The van der Waals surface area contributed by atoms with E-state index in [4.69, 9.17) is 16.0 Å². The molecule has 4 aromatic rings. The summed E-state index contributed by atoms with van der Waals surface area (Å²) in [5.41, 5.74) is 0.305. The highest BCUT2D eigenvalue weighted by atomic mass is 35.5. The maximum Gasteiger partial charge on any atom is 0.276 e. The van der Waals surface area contributed by atoms with Crippen molar-refractivity contribution in [3.05, 3.63) is 93.3 Å². The third kappa shape index (κ3) is 4.42. The summed E-state index contributed by atoms with van der Waals surface area (Å²) in [7, 11) is -4.08. The van der Waals surface area contributed by atoms with Crippen LogP contribution in [0, 0.1) is 6.92 Å². The summed E-state index contributed by atoms with van der Waals surface area (Å²) >= 11 is 5.96. The fraction of sp³-hybridized carbons (Fsp3) is 0.0952. The van der Waals surface area contributed by atoms with Crippen LogP contribution in [0.15, 0.2) is 80.1 Å². The van der Waals surface area contributed by atoms with Gasteiger partial charge >= 0.3 is 0 Å². The summed E-state index contributed by atoms with van der Waals surface area (Å²) in [5.74, 6) is 0.0516. The Morgan fingerprint density at radius 3 is 2.66 bits per heavy atom. The Morgan fingerprint density at radius 2 is 1.97 bits per heavy atom. The van der Waals surface area contributed by atoms with E-state index in [0.717, 1.165) is 5.56 Å². The maximum atomic E-state index is 12.7. The van der Waals surface area contributed by atoms with E-state index in [1.54, 1.807) is 24.3 Å². The lowest BCUT2D eigenvalue weighted by Crippen LogP contribution is -2.29. The third-order valence-electron chi connectivity index (χ3n) is 4.59. The molecule has 0 aliphatic carbocycles. The summed E-state index contributed by atoms with van der Waals surface area (Å²) in [6, 6.07) is 13.8. The Bertz CT molecular complexity index is 1460. The molecule has 164 valence electrons. The number of aliphatic hydroxyl groups is 1. The minimum absolute atomic E-state index is 0.0336. The predicted molar refractivity (Wildman–Crippen MR) is 119 cm³/mol. The van der Waals surface area contributed by atoms with Crippen molar-refractivity contribution in [1.29, 1.82) is 0 Å². The van der Waals surface area contributed by atoms with Crippen LogP contribution in [0.25, 0.3) is 11.0 Å². The van der Waals surface area contributed by atoms with Crippen molar-refractivity contribution in [3.63, 3.8) is 0 Å². The Hall–Kier alpha value is -3.47. The molecule has 0 amide bonds. The van der Waals surface area contributed by atoms with Crippen LogP contribution in [0.2, 0.25) is 5.02 Å². The van der Waals surface area contributed by atoms with Crippen molar-refractivity contribution in [2.45, 2.75) is 17.9 Å². The Labute approximate surface area is 187 Å². The zero-order valence-electron chi connectivity index (χ0n) is 16.6. The van der Waals surface area contributed by atoms with E-state index in [-0.39, 0.29) is 22.1 Å². The van der Waals surface area contributed by atoms with Gasteiger partial charge in [0.15, 0.2) is 11.8 Å². The lowest BCUT2D eigenvalue weighted by atomic mass is 10.1. The first-order valence-electron chi connectivity index (χ1n) is 9.32. The Morgan fingerprint density at radius 1 is 1.22 bits per heavy atom. The molecule has 0 aliphatic rings. The lowest BCUT2D eigenvalue weighted by Gasteiger charge is -2.12. The highest BCUT2D eigenvalue weighted by molar-refractivity contribution is 7.89. The third-order valence-corrected chi connectivity index (χ3v) is 6.05. The summed E-state index contributed by atoms with van der Waals surface area (Å²) in [6.45, 7) is 1.82. The molecule has 2 heterocycles. The summed E-state index contributed by atoms with van der Waals surface area (Å²) in [4.78, 5) is 21.6. The van der Waals surface area contributed by atoms with Crippen LogP contribution in [0.1, 0.15) is 23.1 Å². The molecule has 32 heavy (non-hydrogen) atoms. The topological polar surface area (TPSA) is 138 Å². The number of sulfonamides is 1. The molecule has 0 fully saturated rings. The smallest absolute Gasteiger partial charge is 0.276 e. The molecule has 0 saturated heterocycles. The zero-order valence-corrected chi connectivity index (χ0v) is 18.2. The number of aromatic amines is 1. The number of hydrogen-bond donors (Lipinski definition) is 3. The van der Waals surface area contributed by atoms with Crippen LogP contribution in [0.4, 0.5) is 0 Å². The van der Waals surface area contributed by atoms with Gasteiger partial charge in [-0.2, -0.15) is 18.4 Å². The maximum absolute atomic E-state index is 12.7. The number of aryl methyl sites for hydroxylation is 1. The number of H-pyrrole nitrogens is 1. The average Bonchev–Trinajstić information content (AvgIpc) is 3.29. The molecular weight excluding hydrogens is 456 g/mol. The molecule has 0 unspecified atom stereocenters. The quantitative estimate of drug-likeness (QED) is 0.291. The minimum atomic E-state index is -4.08. The summed E-state index contributed by atoms with van der Waals surface area (Å²) in [5, 5.41) is 15.1. The van der Waals surface area contributed by atoms with Gasteiger partial charge in [0.2, 0.25) is 0 Å². The van der Waals surface area contributed by atoms with Gasteiger partial charge in [-0.15, -0.1) is 0 Å². The van der Waals surface area contributed by atoms with Crippen LogP contribution >= 0.6 is 11.6 Å². The molecule has 4 rings (SSSR count). The van der Waals surface area contributed by atoms with Gasteiger partial charge < -0.3 is 14.5 Å². The van der Waals surface area contributed by atoms with E-state index >= 15 is 0 Å². The van der Waals surface area contributed by atoms with Gasteiger partial charge in [-0.1, -0.05) is 29.3 Å². The van der Waals surface area contributed by atoms with Crippen LogP contribution in [0.3, 0.4) is 0 Å². The second-order valence-electron chi connectivity index (χ2n) is 6.90. The van der Waals surface area contributed by atoms with Crippen LogP contribution in [-0.4, -0.2) is 29.2 Å². The number of aliphatic hydroxyl groups excluding tert-OH is 1. The molecule has 0 saturated carbocycles. The number of rotatable bonds is 6. The Balaban J connectivity index is 1.82. The number of fused-ring (bicyclic) bond motifs is 1. The molecule has 2 aromatic heterocycles. The largest absolute Gasteiger partial charge is 0.466 e. The minimum Gasteiger partial charge on any atom is -0.466 e. The van der Waals surface area contributed by atoms with Crippen LogP contribution in [0.5, 0.6) is 0 Å². The molecule has 3 N–H and O–H groups in total. The van der Waals surface area contributed by atoms with Crippen molar-refractivity contribution < 1.29 is 17.9 Å². The molecule has 1 atom stereocenters. The number of halogens is 1. The second-order valence-corrected chi connectivity index (χ2v) is 9.00. The molecule has 0 radical (unpaired) electrons. The van der Waals surface area contributed by atoms with Gasteiger partial charge in [0, 0.05) is 5.02 Å². The molecule has 0 bridgehead atoms. The number of aromatic nitrogens is 2. The number of benzene rings is 2. The van der Waals surface area contributed by atoms with Gasteiger partial charge in [0.1, 0.15) is 11.5 Å². The fourth-order valence-corrected chi connectivity index (χ4v) is 3.93. The predicted octanol–water partition coefficient (Wildman–Crippen LogP) is 2.89. The molecule has 9 nitrogen and oxygen atoms in total. The summed E-state index contributed by atoms with van der Waals surface area (Å²) < 4.78 is 30.6. The molecule has 2 aromatic carbocycles. The zero-order chi connectivity index (χ0) is 22.9. The molecule has 0 spiro atoms. The van der Waals surface area contributed by atoms with E-state index in [2.05, 4.69) is 19.9 Å². The lowest BCUT2D eigenvalue weighted by molar-refractivity contribution is 0.214.